The largest absolute Gasteiger partial charge is 0.462 e. The van der Waals surface area contributed by atoms with E-state index in [1.165, 1.54) is 13.8 Å². The monoisotopic (exact) mass is 432 g/mol. The van der Waals surface area contributed by atoms with E-state index in [4.69, 9.17) is 14.2 Å². The highest BCUT2D eigenvalue weighted by Crippen LogP contribution is 2.69. The van der Waals surface area contributed by atoms with Crippen molar-refractivity contribution >= 4 is 24.2 Å². The molecule has 7 heteroatoms. The van der Waals surface area contributed by atoms with Gasteiger partial charge in [0.25, 0.3) is 0 Å². The van der Waals surface area contributed by atoms with E-state index in [0.717, 1.165) is 25.5 Å². The maximum atomic E-state index is 13.0. The average molecular weight is 433 g/mol. The van der Waals surface area contributed by atoms with E-state index in [0.29, 0.717) is 12.0 Å². The second-order valence-corrected chi connectivity index (χ2v) is 10.7. The Morgan fingerprint density at radius 2 is 1.81 bits per heavy atom. The zero-order chi connectivity index (χ0) is 22.8. The molecule has 0 aromatic heterocycles. The van der Waals surface area contributed by atoms with Gasteiger partial charge in [0.1, 0.15) is 18.5 Å². The lowest BCUT2D eigenvalue weighted by atomic mass is 9.38. The first-order chi connectivity index (χ1) is 14.5. The predicted octanol–water partition coefficient (Wildman–Crippen LogP) is 3.00. The van der Waals surface area contributed by atoms with Gasteiger partial charge in [-0.1, -0.05) is 27.2 Å². The van der Waals surface area contributed by atoms with Crippen LogP contribution in [0.4, 0.5) is 0 Å². The number of hydrogen-bond donors (Lipinski definition) is 0. The van der Waals surface area contributed by atoms with Gasteiger partial charge in [-0.2, -0.15) is 0 Å². The Hall–Kier alpha value is -2.18. The summed E-state index contributed by atoms with van der Waals surface area (Å²) in [6, 6.07) is 0. The molecule has 0 aromatic carbocycles. The molecule has 7 atom stereocenters. The molecule has 0 radical (unpaired) electrons. The number of ether oxygens (including phenoxy) is 3. The summed E-state index contributed by atoms with van der Waals surface area (Å²) in [6.45, 7) is 9.36. The molecule has 31 heavy (non-hydrogen) atoms. The molecular weight excluding hydrogens is 400 g/mol. The highest BCUT2D eigenvalue weighted by atomic mass is 16.6. The molecule has 3 aliphatic carbocycles. The Balaban J connectivity index is 1.97. The Morgan fingerprint density at radius 1 is 1.13 bits per heavy atom. The van der Waals surface area contributed by atoms with E-state index in [2.05, 4.69) is 20.8 Å². The summed E-state index contributed by atoms with van der Waals surface area (Å²) in [5.41, 5.74) is -1.22. The Morgan fingerprint density at radius 3 is 2.42 bits per heavy atom. The third-order valence-electron chi connectivity index (χ3n) is 8.62. The van der Waals surface area contributed by atoms with Gasteiger partial charge in [-0.3, -0.25) is 9.59 Å². The van der Waals surface area contributed by atoms with Crippen LogP contribution in [0.5, 0.6) is 0 Å². The normalized spacial score (nSPS) is 42.8. The molecule has 7 nitrogen and oxygen atoms in total. The summed E-state index contributed by atoms with van der Waals surface area (Å²) in [7, 11) is 0. The fourth-order valence-electron chi connectivity index (χ4n) is 7.64. The zero-order valence-electron chi connectivity index (χ0n) is 18.9. The molecule has 1 aliphatic heterocycles. The number of hydrogen-bond acceptors (Lipinski definition) is 7. The van der Waals surface area contributed by atoms with Crippen LogP contribution in [0.1, 0.15) is 60.3 Å². The van der Waals surface area contributed by atoms with Gasteiger partial charge in [-0.05, 0) is 42.1 Å². The Kier molecular flexibility index (Phi) is 5.10. The van der Waals surface area contributed by atoms with Crippen molar-refractivity contribution in [1.82, 2.24) is 0 Å². The van der Waals surface area contributed by atoms with E-state index in [-0.39, 0.29) is 23.4 Å². The summed E-state index contributed by atoms with van der Waals surface area (Å²) in [4.78, 5) is 49.7. The second kappa shape index (κ2) is 7.17. The number of carbonyl (C=O) groups excluding carboxylic acids is 4. The van der Waals surface area contributed by atoms with E-state index in [1.54, 1.807) is 6.08 Å². The SMILES string of the molecule is CC(=O)O[C@H]1C=C2C(=O)OC[C@H]2[C@@]2(C=O)C1[C@@]1(C)CCCC(C)(C)C1C[C@@H]2OC(C)=O. The molecule has 1 saturated heterocycles. The van der Waals surface area contributed by atoms with Crippen LogP contribution < -0.4 is 0 Å². The third kappa shape index (κ3) is 3.06. The van der Waals surface area contributed by atoms with Gasteiger partial charge in [-0.25, -0.2) is 4.79 Å². The number of fused-ring (bicyclic) bond motifs is 5. The average Bonchev–Trinajstić information content (AvgIpc) is 3.02. The van der Waals surface area contributed by atoms with E-state index >= 15 is 0 Å². The van der Waals surface area contributed by atoms with Crippen LogP contribution in [-0.2, 0) is 33.4 Å². The van der Waals surface area contributed by atoms with Crippen molar-refractivity contribution in [2.24, 2.45) is 34.0 Å². The fraction of sp³-hybridized carbons (Fsp3) is 0.750. The van der Waals surface area contributed by atoms with Crippen molar-refractivity contribution in [3.05, 3.63) is 11.6 Å². The minimum Gasteiger partial charge on any atom is -0.462 e. The molecule has 0 aromatic rings. The highest BCUT2D eigenvalue weighted by molar-refractivity contribution is 5.93. The van der Waals surface area contributed by atoms with Crippen molar-refractivity contribution in [2.45, 2.75) is 72.5 Å². The smallest absolute Gasteiger partial charge is 0.334 e. The van der Waals surface area contributed by atoms with Crippen LogP contribution in [0.2, 0.25) is 0 Å². The molecule has 0 amide bonds. The molecule has 0 bridgehead atoms. The first-order valence-corrected chi connectivity index (χ1v) is 11.2. The van der Waals surface area contributed by atoms with Crippen molar-refractivity contribution in [3.8, 4) is 0 Å². The minimum absolute atomic E-state index is 0.0345. The van der Waals surface area contributed by atoms with Crippen LogP contribution in [0.3, 0.4) is 0 Å². The zero-order valence-corrected chi connectivity index (χ0v) is 18.9. The quantitative estimate of drug-likeness (QED) is 0.384. The van der Waals surface area contributed by atoms with Crippen LogP contribution in [0.15, 0.2) is 11.6 Å². The van der Waals surface area contributed by atoms with Crippen LogP contribution in [0, 0.1) is 34.0 Å². The molecule has 4 rings (SSSR count). The van der Waals surface area contributed by atoms with E-state index in [1.807, 2.05) is 0 Å². The van der Waals surface area contributed by atoms with Gasteiger partial charge in [0.15, 0.2) is 0 Å². The van der Waals surface area contributed by atoms with E-state index < -0.39 is 47.4 Å². The summed E-state index contributed by atoms with van der Waals surface area (Å²) >= 11 is 0. The lowest BCUT2D eigenvalue weighted by Gasteiger charge is -2.66. The van der Waals surface area contributed by atoms with Gasteiger partial charge in [-0.15, -0.1) is 0 Å². The molecule has 3 fully saturated rings. The van der Waals surface area contributed by atoms with Crippen LogP contribution >= 0.6 is 0 Å². The van der Waals surface area contributed by atoms with Gasteiger partial charge in [0.2, 0.25) is 0 Å². The van der Waals surface area contributed by atoms with Crippen molar-refractivity contribution < 1.29 is 33.4 Å². The lowest BCUT2D eigenvalue weighted by molar-refractivity contribution is -0.231. The second-order valence-electron chi connectivity index (χ2n) is 10.7. The van der Waals surface area contributed by atoms with Gasteiger partial charge in [0, 0.05) is 31.3 Å². The first kappa shape index (κ1) is 22.0. The van der Waals surface area contributed by atoms with Crippen molar-refractivity contribution in [2.75, 3.05) is 6.61 Å². The molecule has 1 heterocycles. The van der Waals surface area contributed by atoms with E-state index in [9.17, 15) is 19.2 Å². The molecule has 2 unspecified atom stereocenters. The number of carbonyl (C=O) groups is 4. The first-order valence-electron chi connectivity index (χ1n) is 11.2. The molecule has 170 valence electrons. The fourth-order valence-corrected chi connectivity index (χ4v) is 7.64. The van der Waals surface area contributed by atoms with Gasteiger partial charge in [0.05, 0.1) is 12.0 Å². The standard InChI is InChI=1S/C24H32O7/c1-13(26)30-17-9-15-16(11-29-21(15)28)24(12-25)19(31-14(2)27)10-18-22(3,4)7-6-8-23(18,5)20(17)24/h9,12,16-20H,6-8,10-11H2,1-5H3/t16-,17+,18?,19+,20?,23+,24-/m1/s1. The van der Waals surface area contributed by atoms with Gasteiger partial charge < -0.3 is 19.0 Å². The van der Waals surface area contributed by atoms with Crippen LogP contribution in [0.25, 0.3) is 0 Å². The summed E-state index contributed by atoms with van der Waals surface area (Å²) in [5, 5.41) is 0. The highest BCUT2D eigenvalue weighted by Gasteiger charge is 2.72. The Bertz CT molecular complexity index is 858. The van der Waals surface area contributed by atoms with Gasteiger partial charge >= 0.3 is 17.9 Å². The number of rotatable bonds is 3. The molecule has 0 spiro atoms. The lowest BCUT2D eigenvalue weighted by Crippen LogP contribution is -2.69. The number of aldehydes is 1. The molecular formula is C24H32O7. The maximum absolute atomic E-state index is 13.0. The molecule has 4 aliphatic rings. The molecule has 2 saturated carbocycles. The maximum Gasteiger partial charge on any atom is 0.334 e. The van der Waals surface area contributed by atoms with Crippen molar-refractivity contribution in [1.29, 1.82) is 0 Å². The predicted molar refractivity (Wildman–Crippen MR) is 109 cm³/mol. The minimum atomic E-state index is -1.19. The summed E-state index contributed by atoms with van der Waals surface area (Å²) < 4.78 is 16.9. The van der Waals surface area contributed by atoms with Crippen molar-refractivity contribution in [3.63, 3.8) is 0 Å². The number of cyclic esters (lactones) is 1. The third-order valence-corrected chi connectivity index (χ3v) is 8.62. The molecule has 0 N–H and O–H groups in total. The van der Waals surface area contributed by atoms with Crippen LogP contribution in [-0.4, -0.2) is 43.0 Å². The Labute approximate surface area is 182 Å². The summed E-state index contributed by atoms with van der Waals surface area (Å²) in [5.74, 6) is -2.24. The summed E-state index contributed by atoms with van der Waals surface area (Å²) in [6.07, 6.45) is 4.50. The topological polar surface area (TPSA) is 96.0 Å². The number of esters is 3.